The van der Waals surface area contributed by atoms with E-state index in [-0.39, 0.29) is 11.9 Å². The quantitative estimate of drug-likeness (QED) is 0.696. The summed E-state index contributed by atoms with van der Waals surface area (Å²) in [4.78, 5) is 12.1. The maximum atomic E-state index is 12.1. The lowest BCUT2D eigenvalue weighted by Gasteiger charge is -2.12. The third kappa shape index (κ3) is 3.38. The molecule has 0 fully saturated rings. The summed E-state index contributed by atoms with van der Waals surface area (Å²) >= 11 is 1.42. The molecule has 1 aromatic carbocycles. The number of aromatic nitrogens is 3. The minimum atomic E-state index is 0.0362. The van der Waals surface area contributed by atoms with Crippen LogP contribution in [0.2, 0.25) is 0 Å². The fraction of sp³-hybridized carbons (Fsp3) is 0.389. The Labute approximate surface area is 145 Å². The summed E-state index contributed by atoms with van der Waals surface area (Å²) in [5.74, 6) is 0.381. The second kappa shape index (κ2) is 7.21. The number of carbonyl (C=O) groups is 1. The number of nitrogens with one attached hydrogen (secondary N) is 1. The van der Waals surface area contributed by atoms with Crippen molar-refractivity contribution in [3.8, 4) is 0 Å². The second-order valence-corrected chi connectivity index (χ2v) is 7.01. The largest absolute Gasteiger partial charge is 0.353 e. The molecule has 1 atom stereocenters. The molecule has 0 spiro atoms. The van der Waals surface area contributed by atoms with Gasteiger partial charge in [-0.05, 0) is 38.0 Å². The van der Waals surface area contributed by atoms with Crippen molar-refractivity contribution in [2.24, 2.45) is 0 Å². The van der Waals surface area contributed by atoms with Gasteiger partial charge in [-0.15, -0.1) is 10.2 Å². The van der Waals surface area contributed by atoms with Gasteiger partial charge in [0.2, 0.25) is 5.91 Å². The maximum absolute atomic E-state index is 12.1. The standard InChI is InChI=1S/C18H22N4OS/c1-4-7-13(3)19-17(23)11-24-18-21-20-16-10-12(2)14-8-5-6-9-15(14)22(16)18/h5-6,8-10,13H,4,7,11H2,1-3H3,(H,19,23)/t13-/m1/s1. The van der Waals surface area contributed by atoms with Crippen LogP contribution in [0.3, 0.4) is 0 Å². The number of nitrogens with zero attached hydrogens (tertiary/aromatic N) is 3. The Morgan fingerprint density at radius 1 is 1.33 bits per heavy atom. The van der Waals surface area contributed by atoms with E-state index in [9.17, 15) is 4.79 Å². The smallest absolute Gasteiger partial charge is 0.230 e. The van der Waals surface area contributed by atoms with Crippen molar-refractivity contribution in [2.75, 3.05) is 5.75 Å². The summed E-state index contributed by atoms with van der Waals surface area (Å²) in [6, 6.07) is 10.4. The van der Waals surface area contributed by atoms with E-state index >= 15 is 0 Å². The van der Waals surface area contributed by atoms with Crippen LogP contribution >= 0.6 is 11.8 Å². The van der Waals surface area contributed by atoms with Crippen LogP contribution in [0.4, 0.5) is 0 Å². The molecule has 3 rings (SSSR count). The first-order valence-corrected chi connectivity index (χ1v) is 9.24. The van der Waals surface area contributed by atoms with Crippen LogP contribution in [0.25, 0.3) is 16.6 Å². The van der Waals surface area contributed by atoms with E-state index in [0.717, 1.165) is 29.2 Å². The zero-order valence-corrected chi connectivity index (χ0v) is 15.1. The number of hydrogen-bond acceptors (Lipinski definition) is 4. The molecule has 24 heavy (non-hydrogen) atoms. The van der Waals surface area contributed by atoms with Gasteiger partial charge in [-0.1, -0.05) is 43.3 Å². The first-order valence-electron chi connectivity index (χ1n) is 8.25. The molecule has 0 bridgehead atoms. The number of amides is 1. The van der Waals surface area contributed by atoms with E-state index in [0.29, 0.717) is 5.75 Å². The van der Waals surface area contributed by atoms with Gasteiger partial charge in [-0.25, -0.2) is 0 Å². The molecule has 0 saturated carbocycles. The normalized spacial score (nSPS) is 12.6. The summed E-state index contributed by atoms with van der Waals surface area (Å²) < 4.78 is 2.02. The first-order chi connectivity index (χ1) is 11.6. The molecular formula is C18H22N4OS. The third-order valence-corrected chi connectivity index (χ3v) is 4.96. The first kappa shape index (κ1) is 16.8. The number of rotatable bonds is 6. The molecule has 0 aliphatic carbocycles. The van der Waals surface area contributed by atoms with Crippen molar-refractivity contribution in [1.29, 1.82) is 0 Å². The van der Waals surface area contributed by atoms with E-state index in [4.69, 9.17) is 0 Å². The summed E-state index contributed by atoms with van der Waals surface area (Å²) in [7, 11) is 0. The van der Waals surface area contributed by atoms with Gasteiger partial charge in [0.25, 0.3) is 0 Å². The van der Waals surface area contributed by atoms with Crippen molar-refractivity contribution in [2.45, 2.75) is 44.8 Å². The minimum Gasteiger partial charge on any atom is -0.353 e. The van der Waals surface area contributed by atoms with Gasteiger partial charge >= 0.3 is 0 Å². The van der Waals surface area contributed by atoms with Gasteiger partial charge < -0.3 is 5.32 Å². The van der Waals surface area contributed by atoms with E-state index < -0.39 is 0 Å². The highest BCUT2D eigenvalue weighted by Crippen LogP contribution is 2.25. The number of fused-ring (bicyclic) bond motifs is 3. The number of hydrogen-bond donors (Lipinski definition) is 1. The molecule has 1 N–H and O–H groups in total. The summed E-state index contributed by atoms with van der Waals surface area (Å²) in [5, 5.41) is 13.5. The van der Waals surface area contributed by atoms with Crippen LogP contribution in [0.15, 0.2) is 35.5 Å². The average molecular weight is 342 g/mol. The number of benzene rings is 1. The second-order valence-electron chi connectivity index (χ2n) is 6.07. The molecule has 0 saturated heterocycles. The minimum absolute atomic E-state index is 0.0362. The lowest BCUT2D eigenvalue weighted by molar-refractivity contribution is -0.119. The third-order valence-electron chi connectivity index (χ3n) is 4.04. The predicted molar refractivity (Wildman–Crippen MR) is 98.5 cm³/mol. The van der Waals surface area contributed by atoms with Crippen LogP contribution in [0.1, 0.15) is 32.3 Å². The Kier molecular flexibility index (Phi) is 5.04. The molecule has 5 nitrogen and oxygen atoms in total. The molecule has 2 aromatic heterocycles. The topological polar surface area (TPSA) is 59.3 Å². The SMILES string of the molecule is CCC[C@@H](C)NC(=O)CSc1nnc2cc(C)c3ccccc3n12. The summed E-state index contributed by atoms with van der Waals surface area (Å²) in [6.07, 6.45) is 2.06. The number of aryl methyl sites for hydroxylation is 1. The Morgan fingerprint density at radius 3 is 2.92 bits per heavy atom. The molecule has 6 heteroatoms. The van der Waals surface area contributed by atoms with Gasteiger partial charge in [-0.3, -0.25) is 9.20 Å². The maximum Gasteiger partial charge on any atom is 0.230 e. The fourth-order valence-electron chi connectivity index (χ4n) is 2.92. The lowest BCUT2D eigenvalue weighted by Crippen LogP contribution is -2.33. The van der Waals surface area contributed by atoms with Gasteiger partial charge in [0, 0.05) is 11.4 Å². The molecule has 2 heterocycles. The monoisotopic (exact) mass is 342 g/mol. The summed E-state index contributed by atoms with van der Waals surface area (Å²) in [6.45, 7) is 6.23. The number of thioether (sulfide) groups is 1. The van der Waals surface area contributed by atoms with Crippen LogP contribution in [0, 0.1) is 6.92 Å². The van der Waals surface area contributed by atoms with Crippen LogP contribution in [-0.2, 0) is 4.79 Å². The van der Waals surface area contributed by atoms with Crippen molar-refractivity contribution in [1.82, 2.24) is 19.9 Å². The molecule has 0 aliphatic heterocycles. The van der Waals surface area contributed by atoms with E-state index in [1.54, 1.807) is 0 Å². The zero-order chi connectivity index (χ0) is 17.1. The Morgan fingerprint density at radius 2 is 2.12 bits per heavy atom. The Hall–Kier alpha value is -2.08. The van der Waals surface area contributed by atoms with Gasteiger partial charge in [0.15, 0.2) is 10.8 Å². The highest BCUT2D eigenvalue weighted by atomic mass is 32.2. The number of pyridine rings is 1. The Bertz CT molecular complexity index is 874. The molecule has 0 unspecified atom stereocenters. The fourth-order valence-corrected chi connectivity index (χ4v) is 3.68. The van der Waals surface area contributed by atoms with E-state index in [2.05, 4.69) is 41.5 Å². The average Bonchev–Trinajstić information content (AvgIpc) is 2.96. The highest BCUT2D eigenvalue weighted by molar-refractivity contribution is 7.99. The highest BCUT2D eigenvalue weighted by Gasteiger charge is 2.13. The Balaban J connectivity index is 1.83. The lowest BCUT2D eigenvalue weighted by atomic mass is 10.1. The molecule has 0 aliphatic rings. The van der Waals surface area contributed by atoms with E-state index in [1.807, 2.05) is 29.5 Å². The number of carbonyl (C=O) groups excluding carboxylic acids is 1. The van der Waals surface area contributed by atoms with Crippen molar-refractivity contribution >= 4 is 34.2 Å². The molecule has 1 amide bonds. The molecule has 0 radical (unpaired) electrons. The van der Waals surface area contributed by atoms with Crippen LogP contribution in [0.5, 0.6) is 0 Å². The number of para-hydroxylation sites is 1. The van der Waals surface area contributed by atoms with Crippen LogP contribution < -0.4 is 5.32 Å². The van der Waals surface area contributed by atoms with Crippen LogP contribution in [-0.4, -0.2) is 32.3 Å². The molecule has 126 valence electrons. The van der Waals surface area contributed by atoms with Gasteiger partial charge in [-0.2, -0.15) is 0 Å². The zero-order valence-electron chi connectivity index (χ0n) is 14.2. The molecular weight excluding hydrogens is 320 g/mol. The van der Waals surface area contributed by atoms with Gasteiger partial charge in [0.1, 0.15) is 0 Å². The van der Waals surface area contributed by atoms with Gasteiger partial charge in [0.05, 0.1) is 11.3 Å². The van der Waals surface area contributed by atoms with Crippen molar-refractivity contribution in [3.05, 3.63) is 35.9 Å². The van der Waals surface area contributed by atoms with Crippen molar-refractivity contribution in [3.63, 3.8) is 0 Å². The van der Waals surface area contributed by atoms with Crippen molar-refractivity contribution < 1.29 is 4.79 Å². The molecule has 3 aromatic rings. The summed E-state index contributed by atoms with van der Waals surface area (Å²) in [5.41, 5.74) is 3.06. The van der Waals surface area contributed by atoms with E-state index in [1.165, 1.54) is 22.7 Å². The predicted octanol–water partition coefficient (Wildman–Crippen LogP) is 3.59.